The fourth-order valence-electron chi connectivity index (χ4n) is 1.59. The zero-order valence-electron chi connectivity index (χ0n) is 9.92. The third kappa shape index (κ3) is 5.58. The lowest BCUT2D eigenvalue weighted by Crippen LogP contribution is -2.37. The van der Waals surface area contributed by atoms with Crippen molar-refractivity contribution in [3.63, 3.8) is 0 Å². The second-order valence-corrected chi connectivity index (χ2v) is 4.19. The van der Waals surface area contributed by atoms with Crippen molar-refractivity contribution in [3.8, 4) is 0 Å². The third-order valence-electron chi connectivity index (χ3n) is 2.83. The summed E-state index contributed by atoms with van der Waals surface area (Å²) in [6.45, 7) is 6.73. The first-order valence-electron chi connectivity index (χ1n) is 5.69. The molecule has 0 saturated heterocycles. The Balaban J connectivity index is 3.61. The van der Waals surface area contributed by atoms with E-state index in [9.17, 15) is 5.11 Å². The average Bonchev–Trinajstić information content (AvgIpc) is 2.18. The summed E-state index contributed by atoms with van der Waals surface area (Å²) in [6.07, 6.45) is 3.78. The number of aliphatic hydroxyl groups is 1. The predicted octanol–water partition coefficient (Wildman–Crippen LogP) is 1.21. The van der Waals surface area contributed by atoms with Crippen LogP contribution in [0.15, 0.2) is 0 Å². The van der Waals surface area contributed by atoms with Gasteiger partial charge in [-0.25, -0.2) is 0 Å². The highest BCUT2D eigenvalue weighted by atomic mass is 16.3. The van der Waals surface area contributed by atoms with E-state index in [0.717, 1.165) is 32.4 Å². The Morgan fingerprint density at radius 1 is 1.29 bits per heavy atom. The van der Waals surface area contributed by atoms with Gasteiger partial charge in [-0.05, 0) is 45.8 Å². The van der Waals surface area contributed by atoms with Crippen LogP contribution in [0.25, 0.3) is 0 Å². The molecule has 0 radical (unpaired) electrons. The van der Waals surface area contributed by atoms with Crippen LogP contribution in [-0.4, -0.2) is 42.3 Å². The van der Waals surface area contributed by atoms with Crippen LogP contribution in [0.1, 0.15) is 39.5 Å². The van der Waals surface area contributed by atoms with E-state index in [0.29, 0.717) is 6.54 Å². The van der Waals surface area contributed by atoms with Gasteiger partial charge < -0.3 is 15.7 Å². The predicted molar refractivity (Wildman–Crippen MR) is 61.3 cm³/mol. The van der Waals surface area contributed by atoms with E-state index < -0.39 is 5.60 Å². The zero-order chi connectivity index (χ0) is 11.0. The first kappa shape index (κ1) is 13.9. The summed E-state index contributed by atoms with van der Waals surface area (Å²) in [4.78, 5) is 2.30. The summed E-state index contributed by atoms with van der Waals surface area (Å²) in [5, 5.41) is 9.93. The van der Waals surface area contributed by atoms with Crippen molar-refractivity contribution in [2.75, 3.05) is 26.7 Å². The first-order chi connectivity index (χ1) is 6.58. The Labute approximate surface area is 88.3 Å². The molecule has 0 spiro atoms. The first-order valence-corrected chi connectivity index (χ1v) is 5.69. The average molecular weight is 202 g/mol. The number of rotatable bonds is 8. The Morgan fingerprint density at radius 2 is 1.93 bits per heavy atom. The summed E-state index contributed by atoms with van der Waals surface area (Å²) >= 11 is 0. The largest absolute Gasteiger partial charge is 0.389 e. The number of nitrogens with two attached hydrogens (primary N) is 1. The van der Waals surface area contributed by atoms with Crippen LogP contribution in [0.4, 0.5) is 0 Å². The molecule has 0 aliphatic carbocycles. The van der Waals surface area contributed by atoms with E-state index in [2.05, 4.69) is 18.9 Å². The molecule has 14 heavy (non-hydrogen) atoms. The minimum Gasteiger partial charge on any atom is -0.389 e. The fraction of sp³-hybridized carbons (Fsp3) is 1.00. The maximum Gasteiger partial charge on any atom is 0.0767 e. The lowest BCUT2D eigenvalue weighted by molar-refractivity contribution is 0.0323. The van der Waals surface area contributed by atoms with Crippen LogP contribution in [0.5, 0.6) is 0 Å². The van der Waals surface area contributed by atoms with Gasteiger partial charge >= 0.3 is 0 Å². The molecule has 3 N–H and O–H groups in total. The van der Waals surface area contributed by atoms with E-state index in [1.54, 1.807) is 0 Å². The fourth-order valence-corrected chi connectivity index (χ4v) is 1.59. The van der Waals surface area contributed by atoms with Gasteiger partial charge in [0.1, 0.15) is 0 Å². The molecule has 0 rings (SSSR count). The van der Waals surface area contributed by atoms with Crippen molar-refractivity contribution >= 4 is 0 Å². The standard InChI is InChI=1S/C11H26N2O/c1-4-8-13(3)9-6-7-11(14,5-2)10-12/h14H,4-10,12H2,1-3H3. The SMILES string of the molecule is CCCN(C)CCCC(O)(CC)CN. The van der Waals surface area contributed by atoms with Crippen LogP contribution in [0, 0.1) is 0 Å². The molecule has 0 aromatic carbocycles. The number of hydrogen-bond donors (Lipinski definition) is 2. The quantitative estimate of drug-likeness (QED) is 0.622. The molecule has 0 bridgehead atoms. The highest BCUT2D eigenvalue weighted by Gasteiger charge is 2.21. The van der Waals surface area contributed by atoms with E-state index in [-0.39, 0.29) is 0 Å². The second-order valence-electron chi connectivity index (χ2n) is 4.19. The van der Waals surface area contributed by atoms with Crippen LogP contribution in [0.2, 0.25) is 0 Å². The molecule has 0 fully saturated rings. The highest BCUT2D eigenvalue weighted by molar-refractivity contribution is 4.77. The van der Waals surface area contributed by atoms with E-state index in [4.69, 9.17) is 5.73 Å². The van der Waals surface area contributed by atoms with Gasteiger partial charge in [0.15, 0.2) is 0 Å². The maximum absolute atomic E-state index is 9.93. The molecule has 86 valence electrons. The number of hydrogen-bond acceptors (Lipinski definition) is 3. The van der Waals surface area contributed by atoms with Crippen molar-refractivity contribution in [1.82, 2.24) is 4.90 Å². The second kappa shape index (κ2) is 7.21. The van der Waals surface area contributed by atoms with Crippen molar-refractivity contribution in [3.05, 3.63) is 0 Å². The maximum atomic E-state index is 9.93. The Morgan fingerprint density at radius 3 is 2.36 bits per heavy atom. The normalized spacial score (nSPS) is 15.9. The Bertz CT molecular complexity index is 135. The summed E-state index contributed by atoms with van der Waals surface area (Å²) in [5.74, 6) is 0. The van der Waals surface area contributed by atoms with Crippen LogP contribution >= 0.6 is 0 Å². The van der Waals surface area contributed by atoms with Gasteiger partial charge in [0.25, 0.3) is 0 Å². The van der Waals surface area contributed by atoms with E-state index in [1.807, 2.05) is 6.92 Å². The third-order valence-corrected chi connectivity index (χ3v) is 2.83. The van der Waals surface area contributed by atoms with Gasteiger partial charge in [0.05, 0.1) is 5.60 Å². The molecule has 3 nitrogen and oxygen atoms in total. The van der Waals surface area contributed by atoms with Crippen molar-refractivity contribution in [1.29, 1.82) is 0 Å². The van der Waals surface area contributed by atoms with Gasteiger partial charge in [-0.2, -0.15) is 0 Å². The van der Waals surface area contributed by atoms with Crippen LogP contribution in [-0.2, 0) is 0 Å². The molecular weight excluding hydrogens is 176 g/mol. The lowest BCUT2D eigenvalue weighted by atomic mass is 9.95. The van der Waals surface area contributed by atoms with Crippen molar-refractivity contribution in [2.45, 2.75) is 45.1 Å². The van der Waals surface area contributed by atoms with Gasteiger partial charge in [-0.15, -0.1) is 0 Å². The molecule has 0 aromatic heterocycles. The molecule has 0 saturated carbocycles. The summed E-state index contributed by atoms with van der Waals surface area (Å²) in [5.41, 5.74) is 4.90. The van der Waals surface area contributed by atoms with Crippen molar-refractivity contribution < 1.29 is 5.11 Å². The molecule has 0 aliphatic rings. The van der Waals surface area contributed by atoms with Gasteiger partial charge in [0, 0.05) is 6.54 Å². The molecule has 0 aliphatic heterocycles. The molecule has 0 aromatic rings. The Kier molecular flexibility index (Phi) is 7.15. The number of nitrogens with zero attached hydrogens (tertiary/aromatic N) is 1. The minimum atomic E-state index is -0.632. The highest BCUT2D eigenvalue weighted by Crippen LogP contribution is 2.15. The van der Waals surface area contributed by atoms with Crippen LogP contribution < -0.4 is 5.73 Å². The van der Waals surface area contributed by atoms with E-state index >= 15 is 0 Å². The zero-order valence-corrected chi connectivity index (χ0v) is 9.92. The molecule has 0 amide bonds. The molecular formula is C11H26N2O. The van der Waals surface area contributed by atoms with Gasteiger partial charge in [-0.3, -0.25) is 0 Å². The Hall–Kier alpha value is -0.120. The summed E-state index contributed by atoms with van der Waals surface area (Å²) in [7, 11) is 2.12. The van der Waals surface area contributed by atoms with Crippen molar-refractivity contribution in [2.24, 2.45) is 5.73 Å². The monoisotopic (exact) mass is 202 g/mol. The van der Waals surface area contributed by atoms with Gasteiger partial charge in [0.2, 0.25) is 0 Å². The summed E-state index contributed by atoms with van der Waals surface area (Å²) in [6, 6.07) is 0. The topological polar surface area (TPSA) is 49.5 Å². The lowest BCUT2D eigenvalue weighted by Gasteiger charge is -2.26. The molecule has 3 heteroatoms. The van der Waals surface area contributed by atoms with E-state index in [1.165, 1.54) is 6.42 Å². The minimum absolute atomic E-state index is 0.376. The molecule has 1 unspecified atom stereocenters. The van der Waals surface area contributed by atoms with Gasteiger partial charge in [-0.1, -0.05) is 13.8 Å². The summed E-state index contributed by atoms with van der Waals surface area (Å²) < 4.78 is 0. The molecule has 0 heterocycles. The smallest absolute Gasteiger partial charge is 0.0767 e. The molecule has 1 atom stereocenters. The van der Waals surface area contributed by atoms with Crippen LogP contribution in [0.3, 0.4) is 0 Å².